The fourth-order valence-corrected chi connectivity index (χ4v) is 5.10. The van der Waals surface area contributed by atoms with Crippen LogP contribution >= 0.6 is 0 Å². The minimum atomic E-state index is -3.68. The number of hydrogen-bond acceptors (Lipinski definition) is 6. The lowest BCUT2D eigenvalue weighted by Gasteiger charge is -2.34. The number of piperazine rings is 1. The molecule has 1 aliphatic rings. The molecule has 1 aliphatic heterocycles. The SMILES string of the molecule is Cc1noc(C)c1S(=O)(=O)N1CCN(CC(=O)N(C)Cc2ccccc2F)CC1. The van der Waals surface area contributed by atoms with Crippen molar-refractivity contribution in [3.05, 3.63) is 47.1 Å². The van der Waals surface area contributed by atoms with Gasteiger partial charge in [-0.2, -0.15) is 4.31 Å². The van der Waals surface area contributed by atoms with Gasteiger partial charge in [-0.05, 0) is 19.9 Å². The van der Waals surface area contributed by atoms with E-state index in [9.17, 15) is 17.6 Å². The number of rotatable bonds is 6. The lowest BCUT2D eigenvalue weighted by Crippen LogP contribution is -2.51. The predicted octanol–water partition coefficient (Wildman–Crippen LogP) is 1.40. The molecule has 0 bridgehead atoms. The maximum absolute atomic E-state index is 13.8. The number of likely N-dealkylation sites (N-methyl/N-ethyl adjacent to an activating group) is 1. The van der Waals surface area contributed by atoms with Gasteiger partial charge in [-0.1, -0.05) is 23.4 Å². The molecule has 29 heavy (non-hydrogen) atoms. The maximum atomic E-state index is 13.8. The zero-order valence-electron chi connectivity index (χ0n) is 16.8. The molecule has 1 aromatic carbocycles. The van der Waals surface area contributed by atoms with Crippen LogP contribution in [0.4, 0.5) is 4.39 Å². The molecule has 3 rings (SSSR count). The number of hydrogen-bond donors (Lipinski definition) is 0. The summed E-state index contributed by atoms with van der Waals surface area (Å²) in [6.07, 6.45) is 0. The second kappa shape index (κ2) is 8.60. The number of carbonyl (C=O) groups is 1. The summed E-state index contributed by atoms with van der Waals surface area (Å²) in [6, 6.07) is 6.36. The van der Waals surface area contributed by atoms with Crippen LogP contribution < -0.4 is 0 Å². The molecule has 0 spiro atoms. The minimum Gasteiger partial charge on any atom is -0.360 e. The quantitative estimate of drug-likeness (QED) is 0.697. The largest absolute Gasteiger partial charge is 0.360 e. The van der Waals surface area contributed by atoms with Crippen molar-refractivity contribution < 1.29 is 22.1 Å². The Morgan fingerprint density at radius 3 is 2.45 bits per heavy atom. The fraction of sp³-hybridized carbons (Fsp3) is 0.474. The zero-order chi connectivity index (χ0) is 21.2. The third-order valence-electron chi connectivity index (χ3n) is 5.05. The van der Waals surface area contributed by atoms with Gasteiger partial charge in [0.05, 0.1) is 6.54 Å². The predicted molar refractivity (Wildman–Crippen MR) is 104 cm³/mol. The lowest BCUT2D eigenvalue weighted by molar-refractivity contribution is -0.131. The number of carbonyl (C=O) groups excluding carboxylic acids is 1. The molecule has 1 fully saturated rings. The molecule has 0 unspecified atom stereocenters. The van der Waals surface area contributed by atoms with E-state index in [-0.39, 0.29) is 48.6 Å². The van der Waals surface area contributed by atoms with E-state index in [0.29, 0.717) is 24.3 Å². The summed E-state index contributed by atoms with van der Waals surface area (Å²) in [5.41, 5.74) is 0.800. The molecule has 0 N–H and O–H groups in total. The second-order valence-electron chi connectivity index (χ2n) is 7.17. The summed E-state index contributed by atoms with van der Waals surface area (Å²) >= 11 is 0. The number of nitrogens with zero attached hydrogens (tertiary/aromatic N) is 4. The summed E-state index contributed by atoms with van der Waals surface area (Å²) in [4.78, 5) is 16.0. The molecule has 0 atom stereocenters. The highest BCUT2D eigenvalue weighted by Gasteiger charge is 2.33. The van der Waals surface area contributed by atoms with Gasteiger partial charge in [0, 0.05) is 45.3 Å². The van der Waals surface area contributed by atoms with E-state index in [4.69, 9.17) is 4.52 Å². The molecule has 8 nitrogen and oxygen atoms in total. The van der Waals surface area contributed by atoms with Crippen LogP contribution in [0.25, 0.3) is 0 Å². The van der Waals surface area contributed by atoms with Gasteiger partial charge in [0.1, 0.15) is 16.4 Å². The fourth-order valence-electron chi connectivity index (χ4n) is 3.38. The highest BCUT2D eigenvalue weighted by atomic mass is 32.2. The van der Waals surface area contributed by atoms with Crippen molar-refractivity contribution in [2.24, 2.45) is 0 Å². The van der Waals surface area contributed by atoms with E-state index in [1.807, 2.05) is 4.90 Å². The summed E-state index contributed by atoms with van der Waals surface area (Å²) in [5.74, 6) is -0.213. The van der Waals surface area contributed by atoms with Crippen molar-refractivity contribution in [1.29, 1.82) is 0 Å². The molecule has 1 saturated heterocycles. The van der Waals surface area contributed by atoms with Gasteiger partial charge in [0.25, 0.3) is 0 Å². The summed E-state index contributed by atoms with van der Waals surface area (Å²) in [7, 11) is -2.05. The summed E-state index contributed by atoms with van der Waals surface area (Å²) in [5, 5.41) is 3.72. The van der Waals surface area contributed by atoms with Gasteiger partial charge in [0.15, 0.2) is 5.76 Å². The summed E-state index contributed by atoms with van der Waals surface area (Å²) < 4.78 is 45.9. The number of aryl methyl sites for hydroxylation is 2. The Balaban J connectivity index is 1.56. The smallest absolute Gasteiger partial charge is 0.248 e. The van der Waals surface area contributed by atoms with Crippen LogP contribution in [0, 0.1) is 19.7 Å². The first-order valence-electron chi connectivity index (χ1n) is 9.33. The van der Waals surface area contributed by atoms with E-state index in [2.05, 4.69) is 5.16 Å². The molecule has 1 aromatic heterocycles. The molecule has 0 aliphatic carbocycles. The Hall–Kier alpha value is -2.30. The molecular weight excluding hydrogens is 399 g/mol. The Morgan fingerprint density at radius 2 is 1.86 bits per heavy atom. The standard InChI is InChI=1S/C19H25FN4O4S/c1-14-19(15(2)28-21-14)29(26,27)24-10-8-23(9-11-24)13-18(25)22(3)12-16-6-4-5-7-17(16)20/h4-7H,8-13H2,1-3H3. The highest BCUT2D eigenvalue weighted by Crippen LogP contribution is 2.24. The normalized spacial score (nSPS) is 16.1. The molecule has 1 amide bonds. The zero-order valence-corrected chi connectivity index (χ0v) is 17.6. The van der Waals surface area contributed by atoms with Gasteiger partial charge in [-0.25, -0.2) is 12.8 Å². The van der Waals surface area contributed by atoms with Crippen molar-refractivity contribution in [3.63, 3.8) is 0 Å². The first kappa shape index (κ1) is 21.4. The second-order valence-corrected chi connectivity index (χ2v) is 9.05. The van der Waals surface area contributed by atoms with Gasteiger partial charge in [0.2, 0.25) is 15.9 Å². The van der Waals surface area contributed by atoms with Crippen molar-refractivity contribution in [2.45, 2.75) is 25.3 Å². The van der Waals surface area contributed by atoms with Crippen LogP contribution in [0.5, 0.6) is 0 Å². The molecule has 2 aromatic rings. The average molecular weight is 424 g/mol. The number of aromatic nitrogens is 1. The Morgan fingerprint density at radius 1 is 1.21 bits per heavy atom. The Kier molecular flexibility index (Phi) is 6.35. The molecule has 10 heteroatoms. The molecule has 158 valence electrons. The monoisotopic (exact) mass is 424 g/mol. The number of sulfonamides is 1. The lowest BCUT2D eigenvalue weighted by atomic mass is 10.2. The van der Waals surface area contributed by atoms with Crippen LogP contribution in [0.3, 0.4) is 0 Å². The van der Waals surface area contributed by atoms with E-state index >= 15 is 0 Å². The third kappa shape index (κ3) is 4.65. The third-order valence-corrected chi connectivity index (χ3v) is 7.19. The van der Waals surface area contributed by atoms with E-state index in [1.54, 1.807) is 39.1 Å². The van der Waals surface area contributed by atoms with Crippen LogP contribution in [-0.2, 0) is 21.4 Å². The van der Waals surface area contributed by atoms with Crippen LogP contribution in [-0.4, -0.2) is 73.4 Å². The van der Waals surface area contributed by atoms with Crippen molar-refractivity contribution >= 4 is 15.9 Å². The van der Waals surface area contributed by atoms with Crippen LogP contribution in [0.15, 0.2) is 33.7 Å². The van der Waals surface area contributed by atoms with Crippen molar-refractivity contribution in [1.82, 2.24) is 19.3 Å². The van der Waals surface area contributed by atoms with Crippen molar-refractivity contribution in [2.75, 3.05) is 39.8 Å². The Labute approximate surface area is 169 Å². The average Bonchev–Trinajstić information content (AvgIpc) is 3.03. The first-order valence-corrected chi connectivity index (χ1v) is 10.8. The van der Waals surface area contributed by atoms with E-state index < -0.39 is 10.0 Å². The van der Waals surface area contributed by atoms with Crippen LogP contribution in [0.1, 0.15) is 17.0 Å². The van der Waals surface area contributed by atoms with Gasteiger partial charge >= 0.3 is 0 Å². The van der Waals surface area contributed by atoms with E-state index in [0.717, 1.165) is 0 Å². The number of benzene rings is 1. The number of halogens is 1. The topological polar surface area (TPSA) is 87.0 Å². The van der Waals surface area contributed by atoms with Gasteiger partial charge in [-0.15, -0.1) is 0 Å². The van der Waals surface area contributed by atoms with Gasteiger partial charge < -0.3 is 9.42 Å². The van der Waals surface area contributed by atoms with E-state index in [1.165, 1.54) is 15.3 Å². The Bertz CT molecular complexity index is 964. The first-order chi connectivity index (χ1) is 13.7. The molecule has 2 heterocycles. The van der Waals surface area contributed by atoms with Crippen molar-refractivity contribution in [3.8, 4) is 0 Å². The van der Waals surface area contributed by atoms with Gasteiger partial charge in [-0.3, -0.25) is 9.69 Å². The number of amides is 1. The minimum absolute atomic E-state index is 0.117. The highest BCUT2D eigenvalue weighted by molar-refractivity contribution is 7.89. The molecule has 0 saturated carbocycles. The molecular formula is C19H25FN4O4S. The van der Waals surface area contributed by atoms with Crippen LogP contribution in [0.2, 0.25) is 0 Å². The molecule has 0 radical (unpaired) electrons. The summed E-state index contributed by atoms with van der Waals surface area (Å²) in [6.45, 7) is 4.93. The maximum Gasteiger partial charge on any atom is 0.248 e.